The summed E-state index contributed by atoms with van der Waals surface area (Å²) < 4.78 is 5.93. The molecule has 1 saturated heterocycles. The standard InChI is InChI=1S/C16H28N2OS/c1-12-10-18(6-7-20-12)11-15-8-14(13(2)19-15)9-17-16(3,4)5/h8,12,17H,6-7,9-11H2,1-5H3. The van der Waals surface area contributed by atoms with Gasteiger partial charge in [-0.3, -0.25) is 4.90 Å². The van der Waals surface area contributed by atoms with Crippen molar-refractivity contribution in [2.45, 2.75) is 58.5 Å². The van der Waals surface area contributed by atoms with E-state index < -0.39 is 0 Å². The Morgan fingerprint density at radius 1 is 1.45 bits per heavy atom. The summed E-state index contributed by atoms with van der Waals surface area (Å²) in [6.07, 6.45) is 0. The van der Waals surface area contributed by atoms with E-state index in [1.807, 2.05) is 0 Å². The van der Waals surface area contributed by atoms with Crippen molar-refractivity contribution in [1.82, 2.24) is 10.2 Å². The van der Waals surface area contributed by atoms with Crippen LogP contribution in [0.1, 0.15) is 44.8 Å². The maximum Gasteiger partial charge on any atom is 0.118 e. The van der Waals surface area contributed by atoms with Crippen molar-refractivity contribution in [3.05, 3.63) is 23.2 Å². The zero-order valence-electron chi connectivity index (χ0n) is 13.5. The Morgan fingerprint density at radius 2 is 2.20 bits per heavy atom. The second-order valence-corrected chi connectivity index (χ2v) is 8.36. The highest BCUT2D eigenvalue weighted by atomic mass is 32.2. The molecule has 1 unspecified atom stereocenters. The molecule has 1 N–H and O–H groups in total. The smallest absolute Gasteiger partial charge is 0.118 e. The van der Waals surface area contributed by atoms with Crippen molar-refractivity contribution in [2.24, 2.45) is 0 Å². The molecule has 0 radical (unpaired) electrons. The highest BCUT2D eigenvalue weighted by Gasteiger charge is 2.19. The molecular formula is C16H28N2OS. The summed E-state index contributed by atoms with van der Waals surface area (Å²) in [6.45, 7) is 15.1. The van der Waals surface area contributed by atoms with Crippen LogP contribution in [0.2, 0.25) is 0 Å². The molecule has 2 heterocycles. The third kappa shape index (κ3) is 4.83. The van der Waals surface area contributed by atoms with Crippen molar-refractivity contribution < 1.29 is 4.42 Å². The summed E-state index contributed by atoms with van der Waals surface area (Å²) >= 11 is 2.07. The Hall–Kier alpha value is -0.450. The lowest BCUT2D eigenvalue weighted by molar-refractivity contribution is 0.253. The van der Waals surface area contributed by atoms with Gasteiger partial charge in [0.05, 0.1) is 6.54 Å². The lowest BCUT2D eigenvalue weighted by Crippen LogP contribution is -2.36. The van der Waals surface area contributed by atoms with E-state index >= 15 is 0 Å². The predicted molar refractivity (Wildman–Crippen MR) is 87.2 cm³/mol. The fourth-order valence-corrected chi connectivity index (χ4v) is 3.54. The Balaban J connectivity index is 1.93. The highest BCUT2D eigenvalue weighted by molar-refractivity contribution is 7.99. The number of hydrogen-bond acceptors (Lipinski definition) is 4. The molecule has 20 heavy (non-hydrogen) atoms. The highest BCUT2D eigenvalue weighted by Crippen LogP contribution is 2.22. The van der Waals surface area contributed by atoms with Gasteiger partial charge >= 0.3 is 0 Å². The third-order valence-electron chi connectivity index (χ3n) is 3.59. The van der Waals surface area contributed by atoms with Gasteiger partial charge in [-0.2, -0.15) is 11.8 Å². The first-order valence-corrected chi connectivity index (χ1v) is 8.55. The molecule has 3 nitrogen and oxygen atoms in total. The van der Waals surface area contributed by atoms with Gasteiger partial charge in [-0.25, -0.2) is 0 Å². The van der Waals surface area contributed by atoms with Crippen LogP contribution in [-0.2, 0) is 13.1 Å². The number of rotatable bonds is 4. The zero-order chi connectivity index (χ0) is 14.8. The van der Waals surface area contributed by atoms with E-state index in [9.17, 15) is 0 Å². The minimum absolute atomic E-state index is 0.142. The van der Waals surface area contributed by atoms with Crippen LogP contribution < -0.4 is 5.32 Å². The van der Waals surface area contributed by atoms with Gasteiger partial charge in [0.2, 0.25) is 0 Å². The lowest BCUT2D eigenvalue weighted by Gasteiger charge is -2.29. The topological polar surface area (TPSA) is 28.4 Å². The normalized spacial score (nSPS) is 21.4. The fourth-order valence-electron chi connectivity index (χ4n) is 2.46. The lowest BCUT2D eigenvalue weighted by atomic mass is 10.1. The first-order chi connectivity index (χ1) is 9.33. The van der Waals surface area contributed by atoms with E-state index in [2.05, 4.69) is 62.7 Å². The molecular weight excluding hydrogens is 268 g/mol. The van der Waals surface area contributed by atoms with E-state index in [-0.39, 0.29) is 5.54 Å². The molecule has 1 fully saturated rings. The van der Waals surface area contributed by atoms with E-state index in [1.54, 1.807) is 0 Å². The van der Waals surface area contributed by atoms with Crippen LogP contribution in [-0.4, -0.2) is 34.5 Å². The van der Waals surface area contributed by atoms with E-state index in [4.69, 9.17) is 4.42 Å². The molecule has 114 valence electrons. The van der Waals surface area contributed by atoms with Crippen LogP contribution >= 0.6 is 11.8 Å². The molecule has 0 aromatic carbocycles. The van der Waals surface area contributed by atoms with Crippen molar-refractivity contribution in [1.29, 1.82) is 0 Å². The van der Waals surface area contributed by atoms with Gasteiger partial charge in [0.1, 0.15) is 11.5 Å². The Bertz CT molecular complexity index is 436. The number of thioether (sulfide) groups is 1. The molecule has 0 aliphatic carbocycles. The summed E-state index contributed by atoms with van der Waals surface area (Å²) in [7, 11) is 0. The minimum atomic E-state index is 0.142. The number of furan rings is 1. The number of aryl methyl sites for hydroxylation is 1. The molecule has 1 aromatic rings. The Labute approximate surface area is 127 Å². The second-order valence-electron chi connectivity index (χ2n) is 6.81. The SMILES string of the molecule is Cc1oc(CN2CCSC(C)C2)cc1CNC(C)(C)C. The largest absolute Gasteiger partial charge is 0.465 e. The molecule has 0 amide bonds. The molecule has 0 saturated carbocycles. The Kier molecular flexibility index (Phi) is 5.21. The summed E-state index contributed by atoms with van der Waals surface area (Å²) in [5.41, 5.74) is 1.43. The van der Waals surface area contributed by atoms with E-state index in [0.29, 0.717) is 0 Å². The number of nitrogens with one attached hydrogen (secondary N) is 1. The van der Waals surface area contributed by atoms with Crippen molar-refractivity contribution in [3.63, 3.8) is 0 Å². The number of hydrogen-bond donors (Lipinski definition) is 1. The first-order valence-electron chi connectivity index (χ1n) is 7.50. The zero-order valence-corrected chi connectivity index (χ0v) is 14.3. The van der Waals surface area contributed by atoms with Gasteiger partial charge in [0.15, 0.2) is 0 Å². The first kappa shape index (κ1) is 15.9. The van der Waals surface area contributed by atoms with Gasteiger partial charge in [0.25, 0.3) is 0 Å². The van der Waals surface area contributed by atoms with Crippen LogP contribution in [0.15, 0.2) is 10.5 Å². The van der Waals surface area contributed by atoms with Crippen molar-refractivity contribution in [2.75, 3.05) is 18.8 Å². The van der Waals surface area contributed by atoms with Crippen LogP contribution in [0.3, 0.4) is 0 Å². The monoisotopic (exact) mass is 296 g/mol. The van der Waals surface area contributed by atoms with E-state index in [1.165, 1.54) is 24.4 Å². The molecule has 1 aromatic heterocycles. The fraction of sp³-hybridized carbons (Fsp3) is 0.750. The van der Waals surface area contributed by atoms with Crippen LogP contribution in [0.5, 0.6) is 0 Å². The summed E-state index contributed by atoms with van der Waals surface area (Å²) in [5, 5.41) is 4.26. The second kappa shape index (κ2) is 6.54. The molecule has 1 atom stereocenters. The maximum absolute atomic E-state index is 5.93. The minimum Gasteiger partial charge on any atom is -0.465 e. The molecule has 2 rings (SSSR count). The van der Waals surface area contributed by atoms with Gasteiger partial charge in [-0.05, 0) is 33.8 Å². The van der Waals surface area contributed by atoms with Crippen molar-refractivity contribution >= 4 is 11.8 Å². The van der Waals surface area contributed by atoms with Crippen LogP contribution in [0, 0.1) is 6.92 Å². The molecule has 1 aliphatic rings. The average molecular weight is 296 g/mol. The van der Waals surface area contributed by atoms with E-state index in [0.717, 1.165) is 29.9 Å². The van der Waals surface area contributed by atoms with Gasteiger partial charge in [0, 0.05) is 41.7 Å². The summed E-state index contributed by atoms with van der Waals surface area (Å²) in [4.78, 5) is 2.50. The molecule has 0 spiro atoms. The van der Waals surface area contributed by atoms with Crippen molar-refractivity contribution in [3.8, 4) is 0 Å². The quantitative estimate of drug-likeness (QED) is 0.921. The van der Waals surface area contributed by atoms with Gasteiger partial charge in [-0.15, -0.1) is 0 Å². The van der Waals surface area contributed by atoms with Gasteiger partial charge in [-0.1, -0.05) is 6.92 Å². The Morgan fingerprint density at radius 3 is 2.85 bits per heavy atom. The predicted octanol–water partition coefficient (Wildman–Crippen LogP) is 3.41. The molecule has 4 heteroatoms. The number of nitrogens with zero attached hydrogens (tertiary/aromatic N) is 1. The van der Waals surface area contributed by atoms with Crippen LogP contribution in [0.25, 0.3) is 0 Å². The summed E-state index contributed by atoms with van der Waals surface area (Å²) in [5.74, 6) is 3.39. The molecule has 0 bridgehead atoms. The summed E-state index contributed by atoms with van der Waals surface area (Å²) in [6, 6.07) is 2.22. The third-order valence-corrected chi connectivity index (χ3v) is 4.72. The maximum atomic E-state index is 5.93. The average Bonchev–Trinajstić information content (AvgIpc) is 2.66. The van der Waals surface area contributed by atoms with Gasteiger partial charge < -0.3 is 9.73 Å². The van der Waals surface area contributed by atoms with Crippen LogP contribution in [0.4, 0.5) is 0 Å². The molecule has 1 aliphatic heterocycles.